The minimum Gasteiger partial charge on any atom is -0.493 e. The summed E-state index contributed by atoms with van der Waals surface area (Å²) in [5.41, 5.74) is 0.679. The van der Waals surface area contributed by atoms with E-state index in [1.54, 1.807) is 18.2 Å². The first-order chi connectivity index (χ1) is 21.4. The van der Waals surface area contributed by atoms with Gasteiger partial charge >= 0.3 is 0 Å². The average Bonchev–Trinajstić information content (AvgIpc) is 2.98. The van der Waals surface area contributed by atoms with Crippen LogP contribution < -0.4 is 9.47 Å². The van der Waals surface area contributed by atoms with Crippen molar-refractivity contribution in [2.75, 3.05) is 14.2 Å². The molecule has 3 rings (SSSR count). The fourth-order valence-electron chi connectivity index (χ4n) is 7.95. The van der Waals surface area contributed by atoms with Crippen LogP contribution in [0, 0.1) is 34.0 Å². The molecule has 0 aliphatic heterocycles. The second-order valence-corrected chi connectivity index (χ2v) is 15.0. The first-order valence-electron chi connectivity index (χ1n) is 16.5. The largest absolute Gasteiger partial charge is 0.493 e. The molecule has 1 aromatic rings. The molecule has 46 heavy (non-hydrogen) atoms. The van der Waals surface area contributed by atoms with Crippen molar-refractivity contribution in [1.29, 1.82) is 0 Å². The maximum atomic E-state index is 15.3. The predicted octanol–water partition coefficient (Wildman–Crippen LogP) is 8.69. The third kappa shape index (κ3) is 6.60. The zero-order valence-electron chi connectivity index (χ0n) is 29.8. The van der Waals surface area contributed by atoms with Crippen LogP contribution in [0.3, 0.4) is 0 Å². The number of Topliss-reactive ketones (excluding diaryl/α,β-unsaturated/α-hetero) is 3. The number of rotatable bonds is 14. The summed E-state index contributed by atoms with van der Waals surface area (Å²) in [5, 5.41) is 12.5. The number of hydrogen-bond donors (Lipinski definition) is 1. The summed E-state index contributed by atoms with van der Waals surface area (Å²) in [6.45, 7) is 24.3. The molecule has 1 N–H and O–H groups in total. The number of allylic oxidation sites excluding steroid dienone is 6. The Morgan fingerprint density at radius 3 is 2.13 bits per heavy atom. The number of benzene rings is 1. The van der Waals surface area contributed by atoms with Gasteiger partial charge in [0.25, 0.3) is 0 Å². The summed E-state index contributed by atoms with van der Waals surface area (Å²) in [6, 6.07) is 4.77. The first kappa shape index (κ1) is 37.2. The van der Waals surface area contributed by atoms with Crippen LogP contribution >= 0.6 is 0 Å². The van der Waals surface area contributed by atoms with E-state index in [1.807, 2.05) is 61.5 Å². The van der Waals surface area contributed by atoms with Crippen LogP contribution in [-0.2, 0) is 9.59 Å². The Morgan fingerprint density at radius 1 is 1.00 bits per heavy atom. The molecule has 6 heteroatoms. The number of carbonyl (C=O) groups excluding carboxylic acids is 3. The summed E-state index contributed by atoms with van der Waals surface area (Å²) in [5.74, 6) is -2.05. The molecule has 0 aromatic heterocycles. The van der Waals surface area contributed by atoms with Crippen LogP contribution in [0.2, 0.25) is 0 Å². The summed E-state index contributed by atoms with van der Waals surface area (Å²) < 4.78 is 10.9. The van der Waals surface area contributed by atoms with Crippen LogP contribution in [-0.4, -0.2) is 42.8 Å². The Hall–Kier alpha value is -3.25. The number of methoxy groups -OCH3 is 2. The normalized spacial score (nSPS) is 27.3. The molecule has 1 aromatic carbocycles. The lowest BCUT2D eigenvalue weighted by molar-refractivity contribution is -0.198. The highest BCUT2D eigenvalue weighted by molar-refractivity contribution is 6.23. The summed E-state index contributed by atoms with van der Waals surface area (Å²) in [7, 11) is 2.99. The van der Waals surface area contributed by atoms with Crippen LogP contribution in [0.15, 0.2) is 65.8 Å². The monoisotopic (exact) mass is 632 g/mol. The molecule has 0 radical (unpaired) electrons. The van der Waals surface area contributed by atoms with Crippen molar-refractivity contribution in [3.63, 3.8) is 0 Å². The van der Waals surface area contributed by atoms with Crippen LogP contribution in [0.1, 0.15) is 104 Å². The average molecular weight is 633 g/mol. The van der Waals surface area contributed by atoms with E-state index in [0.717, 1.165) is 35.1 Å². The summed E-state index contributed by atoms with van der Waals surface area (Å²) >= 11 is 0. The van der Waals surface area contributed by atoms with Crippen molar-refractivity contribution >= 4 is 17.3 Å². The number of fused-ring (bicyclic) bond motifs is 2. The van der Waals surface area contributed by atoms with Gasteiger partial charge in [-0.1, -0.05) is 54.9 Å². The third-order valence-electron chi connectivity index (χ3n) is 11.0. The minimum absolute atomic E-state index is 0.0895. The van der Waals surface area contributed by atoms with E-state index in [2.05, 4.69) is 19.2 Å². The first-order valence-corrected chi connectivity index (χ1v) is 16.5. The molecule has 0 heterocycles. The highest BCUT2D eigenvalue weighted by Gasteiger charge is 2.75. The number of carbonyl (C=O) groups is 3. The van der Waals surface area contributed by atoms with Gasteiger partial charge < -0.3 is 14.6 Å². The maximum absolute atomic E-state index is 15.3. The van der Waals surface area contributed by atoms with Gasteiger partial charge in [-0.15, -0.1) is 6.58 Å². The number of ketones is 3. The Kier molecular flexibility index (Phi) is 11.5. The molecular weight excluding hydrogens is 576 g/mol. The second-order valence-electron chi connectivity index (χ2n) is 15.0. The van der Waals surface area contributed by atoms with Gasteiger partial charge in [-0.2, -0.15) is 0 Å². The maximum Gasteiger partial charge on any atom is 0.176 e. The molecule has 2 saturated carbocycles. The third-order valence-corrected chi connectivity index (χ3v) is 11.0. The van der Waals surface area contributed by atoms with Gasteiger partial charge in [-0.25, -0.2) is 0 Å². The lowest BCUT2D eigenvalue weighted by Crippen LogP contribution is -2.73. The van der Waals surface area contributed by atoms with Gasteiger partial charge in [-0.05, 0) is 116 Å². The fraction of sp³-hybridized carbons (Fsp3) is 0.575. The van der Waals surface area contributed by atoms with Crippen molar-refractivity contribution in [2.45, 2.75) is 100 Å². The quantitative estimate of drug-likeness (QED) is 0.125. The lowest BCUT2D eigenvalue weighted by Gasteiger charge is -2.64. The van der Waals surface area contributed by atoms with Gasteiger partial charge in [0.1, 0.15) is 5.92 Å². The number of hydrogen-bond acceptors (Lipinski definition) is 6. The van der Waals surface area contributed by atoms with Crippen molar-refractivity contribution in [3.05, 3.63) is 71.4 Å². The number of ether oxygens (including phenoxy) is 2. The summed E-state index contributed by atoms with van der Waals surface area (Å²) in [4.78, 5) is 45.0. The van der Waals surface area contributed by atoms with E-state index in [-0.39, 0.29) is 29.6 Å². The Morgan fingerprint density at radius 2 is 1.61 bits per heavy atom. The fourth-order valence-corrected chi connectivity index (χ4v) is 7.95. The highest BCUT2D eigenvalue weighted by Crippen LogP contribution is 2.67. The van der Waals surface area contributed by atoms with E-state index in [4.69, 9.17) is 9.47 Å². The minimum atomic E-state index is -1.51. The molecule has 2 bridgehead atoms. The molecule has 0 spiro atoms. The molecule has 2 aliphatic rings. The van der Waals surface area contributed by atoms with Crippen LogP contribution in [0.4, 0.5) is 0 Å². The molecule has 252 valence electrons. The zero-order valence-corrected chi connectivity index (χ0v) is 29.8. The topological polar surface area (TPSA) is 89.9 Å². The van der Waals surface area contributed by atoms with E-state index >= 15 is 9.59 Å². The second kappa shape index (κ2) is 14.3. The zero-order chi connectivity index (χ0) is 34.8. The molecule has 0 saturated heterocycles. The Bertz CT molecular complexity index is 1440. The molecule has 2 aliphatic carbocycles. The Balaban J connectivity index is 2.37. The summed E-state index contributed by atoms with van der Waals surface area (Å²) in [6.07, 6.45) is 5.64. The molecule has 6 atom stereocenters. The van der Waals surface area contributed by atoms with Gasteiger partial charge in [-0.3, -0.25) is 14.4 Å². The van der Waals surface area contributed by atoms with E-state index in [0.29, 0.717) is 30.8 Å². The smallest absolute Gasteiger partial charge is 0.176 e. The van der Waals surface area contributed by atoms with E-state index < -0.39 is 39.8 Å². The molecule has 6 nitrogen and oxygen atoms in total. The molecule has 0 amide bonds. The van der Waals surface area contributed by atoms with E-state index in [9.17, 15) is 9.90 Å². The molecule has 2 fully saturated rings. The standard InChI is InChI=1S/C40H56O6/c1-24(2)13-15-29(27(7)8)22-39-23-30(17-14-25(3)4)38(9,10)40(37(39)44,20-19-26(5)6)36(43)33(35(39)42)34(41)28-16-18-31(45-11)32(21-28)46-12/h14,16,18-19,21,29-30,33,35,42H,1,7,13,15,17,20,22-23H2,2-6,8-12H3/t29-,30+,33?,35?,39+,40-/m1/s1. The number of aliphatic hydroxyl groups is 1. The van der Waals surface area contributed by atoms with Crippen molar-refractivity contribution in [1.82, 2.24) is 0 Å². The van der Waals surface area contributed by atoms with Gasteiger partial charge in [0, 0.05) is 5.56 Å². The van der Waals surface area contributed by atoms with Crippen LogP contribution in [0.25, 0.3) is 0 Å². The lowest BCUT2D eigenvalue weighted by atomic mass is 9.37. The number of aliphatic hydroxyl groups excluding tert-OH is 1. The van der Waals surface area contributed by atoms with Crippen molar-refractivity contribution in [3.8, 4) is 11.5 Å². The van der Waals surface area contributed by atoms with Gasteiger partial charge in [0.15, 0.2) is 28.8 Å². The predicted molar refractivity (Wildman–Crippen MR) is 185 cm³/mol. The Labute approximate surface area is 277 Å². The molecular formula is C40H56O6. The van der Waals surface area contributed by atoms with Crippen molar-refractivity contribution < 1.29 is 29.0 Å². The highest BCUT2D eigenvalue weighted by atomic mass is 16.5. The SMILES string of the molecule is C=C(C)CC[C@H](C[C@]12C[C@H](CC=C(C)C)C(C)(C)[C@](CC=C(C)C)(C(=O)C(C(=O)c3ccc(OC)c(OC)c3)C1O)C2=O)C(=C)C. The van der Waals surface area contributed by atoms with Crippen LogP contribution in [0.5, 0.6) is 11.5 Å². The van der Waals surface area contributed by atoms with E-state index in [1.165, 1.54) is 14.2 Å². The van der Waals surface area contributed by atoms with Crippen molar-refractivity contribution in [2.24, 2.45) is 34.0 Å². The molecule has 2 unspecified atom stereocenters. The van der Waals surface area contributed by atoms with Gasteiger partial charge in [0.2, 0.25) is 0 Å². The van der Waals surface area contributed by atoms with Gasteiger partial charge in [0.05, 0.1) is 31.2 Å².